The number of allylic oxidation sites excluding steroid dienone is 1. The summed E-state index contributed by atoms with van der Waals surface area (Å²) in [5.74, 6) is 1.62. The standard InChI is InChI=1S/C14H14N2S/c1-10-11(6-12-7-15-9-16-12)8-17-14-5-3-2-4-13(10)14/h2-5,7,9,11H,1,6,8H2,(H,15,16). The van der Waals surface area contributed by atoms with Crippen LogP contribution in [0.4, 0.5) is 0 Å². The fourth-order valence-electron chi connectivity index (χ4n) is 2.21. The minimum atomic E-state index is 0.510. The molecule has 0 fully saturated rings. The van der Waals surface area contributed by atoms with Crippen molar-refractivity contribution < 1.29 is 0 Å². The normalized spacial score (nSPS) is 19.1. The van der Waals surface area contributed by atoms with Gasteiger partial charge in [0.25, 0.3) is 0 Å². The molecule has 1 N–H and O–H groups in total. The van der Waals surface area contributed by atoms with Crippen LogP contribution in [0, 0.1) is 5.92 Å². The molecule has 0 aliphatic carbocycles. The molecule has 0 spiro atoms. The molecule has 0 radical (unpaired) electrons. The predicted octanol–water partition coefficient (Wildman–Crippen LogP) is 3.39. The maximum Gasteiger partial charge on any atom is 0.0921 e. The number of rotatable bonds is 2. The van der Waals surface area contributed by atoms with Crippen LogP contribution in [0.5, 0.6) is 0 Å². The van der Waals surface area contributed by atoms with Gasteiger partial charge in [-0.05, 0) is 29.5 Å². The Morgan fingerprint density at radius 2 is 2.29 bits per heavy atom. The number of thioether (sulfide) groups is 1. The molecule has 3 rings (SSSR count). The van der Waals surface area contributed by atoms with Gasteiger partial charge >= 0.3 is 0 Å². The summed E-state index contributed by atoms with van der Waals surface area (Å²) in [5.41, 5.74) is 3.76. The maximum absolute atomic E-state index is 4.27. The van der Waals surface area contributed by atoms with Crippen molar-refractivity contribution in [2.75, 3.05) is 5.75 Å². The lowest BCUT2D eigenvalue weighted by atomic mass is 9.91. The highest BCUT2D eigenvalue weighted by Crippen LogP contribution is 2.40. The summed E-state index contributed by atoms with van der Waals surface area (Å²) in [4.78, 5) is 8.59. The summed E-state index contributed by atoms with van der Waals surface area (Å²) in [6.07, 6.45) is 4.64. The van der Waals surface area contributed by atoms with Gasteiger partial charge in [0.2, 0.25) is 0 Å². The van der Waals surface area contributed by atoms with Gasteiger partial charge in [0.05, 0.1) is 6.33 Å². The topological polar surface area (TPSA) is 28.7 Å². The minimum absolute atomic E-state index is 0.510. The van der Waals surface area contributed by atoms with Crippen molar-refractivity contribution in [2.45, 2.75) is 11.3 Å². The molecule has 17 heavy (non-hydrogen) atoms. The van der Waals surface area contributed by atoms with Crippen LogP contribution in [0.1, 0.15) is 11.3 Å². The van der Waals surface area contributed by atoms with Gasteiger partial charge in [-0.2, -0.15) is 0 Å². The SMILES string of the molecule is C=C1c2ccccc2SCC1Cc1cnc[nH]1. The lowest BCUT2D eigenvalue weighted by molar-refractivity contribution is 0.734. The van der Waals surface area contributed by atoms with E-state index in [9.17, 15) is 0 Å². The fourth-order valence-corrected chi connectivity index (χ4v) is 3.44. The largest absolute Gasteiger partial charge is 0.348 e. The molecule has 1 aromatic carbocycles. The molecule has 1 aliphatic heterocycles. The minimum Gasteiger partial charge on any atom is -0.348 e. The molecule has 0 bridgehead atoms. The summed E-state index contributed by atoms with van der Waals surface area (Å²) in [6.45, 7) is 4.27. The maximum atomic E-state index is 4.27. The Morgan fingerprint density at radius 1 is 1.41 bits per heavy atom. The van der Waals surface area contributed by atoms with Crippen molar-refractivity contribution in [1.82, 2.24) is 9.97 Å². The average molecular weight is 242 g/mol. The van der Waals surface area contributed by atoms with Gasteiger partial charge in [0.1, 0.15) is 0 Å². The Balaban J connectivity index is 1.84. The lowest BCUT2D eigenvalue weighted by Gasteiger charge is -2.26. The number of aromatic nitrogens is 2. The first-order valence-corrected chi connectivity index (χ1v) is 6.71. The van der Waals surface area contributed by atoms with Gasteiger partial charge in [-0.3, -0.25) is 0 Å². The zero-order valence-electron chi connectivity index (χ0n) is 9.52. The van der Waals surface area contributed by atoms with E-state index in [0.717, 1.165) is 12.2 Å². The third-order valence-electron chi connectivity index (χ3n) is 3.19. The highest BCUT2D eigenvalue weighted by molar-refractivity contribution is 7.99. The van der Waals surface area contributed by atoms with Crippen molar-refractivity contribution in [3.05, 3.63) is 54.6 Å². The van der Waals surface area contributed by atoms with E-state index in [-0.39, 0.29) is 0 Å². The van der Waals surface area contributed by atoms with E-state index in [0.29, 0.717) is 5.92 Å². The molecular formula is C14H14N2S. The van der Waals surface area contributed by atoms with Gasteiger partial charge in [-0.25, -0.2) is 4.98 Å². The van der Waals surface area contributed by atoms with Gasteiger partial charge in [0.15, 0.2) is 0 Å². The molecule has 3 heteroatoms. The molecule has 1 atom stereocenters. The summed E-state index contributed by atoms with van der Waals surface area (Å²) in [6, 6.07) is 8.53. The first kappa shape index (κ1) is 10.7. The number of benzene rings is 1. The zero-order valence-corrected chi connectivity index (χ0v) is 10.3. The molecular weight excluding hydrogens is 228 g/mol. The molecule has 1 unspecified atom stereocenters. The van der Waals surface area contributed by atoms with E-state index in [4.69, 9.17) is 0 Å². The Hall–Kier alpha value is -1.48. The third-order valence-corrected chi connectivity index (χ3v) is 4.42. The monoisotopic (exact) mass is 242 g/mol. The molecule has 0 saturated heterocycles. The molecule has 0 amide bonds. The van der Waals surface area contributed by atoms with Crippen LogP contribution in [0.3, 0.4) is 0 Å². The van der Waals surface area contributed by atoms with Gasteiger partial charge in [-0.15, -0.1) is 11.8 Å². The van der Waals surface area contributed by atoms with Gasteiger partial charge < -0.3 is 4.98 Å². The molecule has 2 heterocycles. The fraction of sp³-hybridized carbons (Fsp3) is 0.214. The second kappa shape index (κ2) is 4.41. The summed E-state index contributed by atoms with van der Waals surface area (Å²) in [7, 11) is 0. The van der Waals surface area contributed by atoms with Crippen molar-refractivity contribution >= 4 is 17.3 Å². The number of aromatic amines is 1. The Bertz CT molecular complexity index is 531. The first-order valence-electron chi connectivity index (χ1n) is 5.73. The van der Waals surface area contributed by atoms with Crippen molar-refractivity contribution in [3.8, 4) is 0 Å². The van der Waals surface area contributed by atoms with Crippen molar-refractivity contribution in [2.24, 2.45) is 5.92 Å². The lowest BCUT2D eigenvalue weighted by Crippen LogP contribution is -2.14. The number of nitrogens with zero attached hydrogens (tertiary/aromatic N) is 1. The number of nitrogens with one attached hydrogen (secondary N) is 1. The summed E-state index contributed by atoms with van der Waals surface area (Å²) >= 11 is 1.93. The summed E-state index contributed by atoms with van der Waals surface area (Å²) < 4.78 is 0. The Labute approximate surface area is 105 Å². The zero-order chi connectivity index (χ0) is 11.7. The van der Waals surface area contributed by atoms with E-state index in [2.05, 4.69) is 40.8 Å². The molecule has 2 nitrogen and oxygen atoms in total. The number of fused-ring (bicyclic) bond motifs is 1. The van der Waals surface area contributed by atoms with Crippen LogP contribution in [0.2, 0.25) is 0 Å². The molecule has 1 aliphatic rings. The first-order chi connectivity index (χ1) is 8.34. The number of H-pyrrole nitrogens is 1. The summed E-state index contributed by atoms with van der Waals surface area (Å²) in [5, 5.41) is 0. The predicted molar refractivity (Wildman–Crippen MR) is 72.0 cm³/mol. The van der Waals surface area contributed by atoms with E-state index in [1.54, 1.807) is 6.33 Å². The Kier molecular flexibility index (Phi) is 2.77. The molecule has 0 saturated carbocycles. The third kappa shape index (κ3) is 2.03. The quantitative estimate of drug-likeness (QED) is 0.874. The molecule has 86 valence electrons. The van der Waals surface area contributed by atoms with Crippen LogP contribution >= 0.6 is 11.8 Å². The van der Waals surface area contributed by atoms with Crippen LogP contribution in [-0.2, 0) is 6.42 Å². The second-order valence-corrected chi connectivity index (χ2v) is 5.37. The highest BCUT2D eigenvalue weighted by atomic mass is 32.2. The smallest absolute Gasteiger partial charge is 0.0921 e. The van der Waals surface area contributed by atoms with Gasteiger partial charge in [-0.1, -0.05) is 24.8 Å². The molecule has 2 aromatic rings. The average Bonchev–Trinajstić information content (AvgIpc) is 2.86. The van der Waals surface area contributed by atoms with Gasteiger partial charge in [0, 0.05) is 22.5 Å². The van der Waals surface area contributed by atoms with Crippen LogP contribution in [-0.4, -0.2) is 15.7 Å². The van der Waals surface area contributed by atoms with E-state index in [1.165, 1.54) is 21.7 Å². The molecule has 1 aromatic heterocycles. The highest BCUT2D eigenvalue weighted by Gasteiger charge is 2.23. The van der Waals surface area contributed by atoms with Crippen molar-refractivity contribution in [3.63, 3.8) is 0 Å². The second-order valence-electron chi connectivity index (χ2n) is 4.31. The number of hydrogen-bond donors (Lipinski definition) is 1. The van der Waals surface area contributed by atoms with Crippen LogP contribution in [0.25, 0.3) is 5.57 Å². The van der Waals surface area contributed by atoms with E-state index >= 15 is 0 Å². The van der Waals surface area contributed by atoms with E-state index in [1.807, 2.05) is 18.0 Å². The van der Waals surface area contributed by atoms with Crippen LogP contribution in [0.15, 0.2) is 48.3 Å². The van der Waals surface area contributed by atoms with E-state index < -0.39 is 0 Å². The van der Waals surface area contributed by atoms with Crippen LogP contribution < -0.4 is 0 Å². The number of imidazole rings is 1. The Morgan fingerprint density at radius 3 is 3.12 bits per heavy atom. The van der Waals surface area contributed by atoms with Crippen molar-refractivity contribution in [1.29, 1.82) is 0 Å². The number of hydrogen-bond acceptors (Lipinski definition) is 2.